The Morgan fingerprint density at radius 1 is 1.44 bits per heavy atom. The van der Waals surface area contributed by atoms with Gasteiger partial charge < -0.3 is 15.4 Å². The number of nitrogens with zero attached hydrogens (tertiary/aromatic N) is 1. The number of ether oxygens (including phenoxy) is 1. The second-order valence-corrected chi connectivity index (χ2v) is 4.99. The van der Waals surface area contributed by atoms with Crippen molar-refractivity contribution in [3.63, 3.8) is 0 Å². The Hall–Kier alpha value is -1.13. The summed E-state index contributed by atoms with van der Waals surface area (Å²) in [5, 5.41) is 0. The van der Waals surface area contributed by atoms with Crippen LogP contribution in [0.2, 0.25) is 0 Å². The van der Waals surface area contributed by atoms with Crippen molar-refractivity contribution in [3.05, 3.63) is 29.6 Å². The monoisotopic (exact) mass is 252 g/mol. The van der Waals surface area contributed by atoms with Crippen molar-refractivity contribution in [2.45, 2.75) is 19.4 Å². The van der Waals surface area contributed by atoms with Gasteiger partial charge in [-0.2, -0.15) is 0 Å². The molecule has 1 unspecified atom stereocenters. The van der Waals surface area contributed by atoms with E-state index < -0.39 is 0 Å². The molecule has 1 atom stereocenters. The smallest absolute Gasteiger partial charge is 0.125 e. The quantitative estimate of drug-likeness (QED) is 0.892. The van der Waals surface area contributed by atoms with Crippen LogP contribution in [0.5, 0.6) is 0 Å². The van der Waals surface area contributed by atoms with Crippen LogP contribution in [-0.4, -0.2) is 26.8 Å². The minimum atomic E-state index is -0.223. The molecule has 1 saturated heterocycles. The maximum atomic E-state index is 13.4. The molecule has 4 heteroatoms. The summed E-state index contributed by atoms with van der Waals surface area (Å²) in [5.41, 5.74) is 7.29. The normalized spacial score (nSPS) is 19.8. The van der Waals surface area contributed by atoms with E-state index >= 15 is 0 Å². The summed E-state index contributed by atoms with van der Waals surface area (Å²) in [6.07, 6.45) is 2.30. The molecule has 100 valence electrons. The van der Waals surface area contributed by atoms with E-state index in [1.807, 2.05) is 13.1 Å². The summed E-state index contributed by atoms with van der Waals surface area (Å²) in [5.74, 6) is 0.313. The summed E-state index contributed by atoms with van der Waals surface area (Å²) in [7, 11) is 1.99. The lowest BCUT2D eigenvalue weighted by Crippen LogP contribution is -2.31. The van der Waals surface area contributed by atoms with Gasteiger partial charge in [0.2, 0.25) is 0 Å². The average molecular weight is 252 g/mol. The molecule has 0 amide bonds. The second-order valence-electron chi connectivity index (χ2n) is 4.99. The van der Waals surface area contributed by atoms with Gasteiger partial charge in [0.05, 0.1) is 6.61 Å². The van der Waals surface area contributed by atoms with E-state index in [9.17, 15) is 4.39 Å². The Labute approximate surface area is 108 Å². The molecule has 18 heavy (non-hydrogen) atoms. The van der Waals surface area contributed by atoms with Crippen LogP contribution < -0.4 is 10.6 Å². The third-order valence-electron chi connectivity index (χ3n) is 3.41. The first-order valence-electron chi connectivity index (χ1n) is 6.47. The number of hydrogen-bond donors (Lipinski definition) is 1. The lowest BCUT2D eigenvalue weighted by atomic mass is 10.0. The van der Waals surface area contributed by atoms with Crippen molar-refractivity contribution in [1.82, 2.24) is 0 Å². The van der Waals surface area contributed by atoms with E-state index in [1.54, 1.807) is 6.07 Å². The van der Waals surface area contributed by atoms with Crippen LogP contribution in [0.4, 0.5) is 10.1 Å². The molecule has 0 aliphatic carbocycles. The number of halogens is 1. The van der Waals surface area contributed by atoms with Gasteiger partial charge in [0.25, 0.3) is 0 Å². The molecule has 1 aromatic rings. The number of anilines is 1. The van der Waals surface area contributed by atoms with E-state index in [0.29, 0.717) is 12.5 Å². The lowest BCUT2D eigenvalue weighted by Gasteiger charge is -2.28. The minimum Gasteiger partial charge on any atom is -0.381 e. The van der Waals surface area contributed by atoms with Crippen LogP contribution >= 0.6 is 0 Å². The molecule has 3 nitrogen and oxygen atoms in total. The maximum absolute atomic E-state index is 13.4. The fraction of sp³-hybridized carbons (Fsp3) is 0.571. The molecular formula is C14H21FN2O. The summed E-state index contributed by atoms with van der Waals surface area (Å²) in [4.78, 5) is 2.08. The van der Waals surface area contributed by atoms with E-state index in [0.717, 1.165) is 37.4 Å². The van der Waals surface area contributed by atoms with Gasteiger partial charge in [-0.15, -0.1) is 0 Å². The van der Waals surface area contributed by atoms with Crippen molar-refractivity contribution in [2.24, 2.45) is 11.7 Å². The van der Waals surface area contributed by atoms with Crippen LogP contribution in [0.25, 0.3) is 0 Å². The first-order chi connectivity index (χ1) is 8.69. The fourth-order valence-corrected chi connectivity index (χ4v) is 2.42. The number of hydrogen-bond acceptors (Lipinski definition) is 3. The van der Waals surface area contributed by atoms with Crippen LogP contribution in [0.3, 0.4) is 0 Å². The molecule has 1 aromatic carbocycles. The Balaban J connectivity index is 2.02. The van der Waals surface area contributed by atoms with E-state index in [1.165, 1.54) is 12.5 Å². The van der Waals surface area contributed by atoms with E-state index in [4.69, 9.17) is 10.5 Å². The van der Waals surface area contributed by atoms with Gasteiger partial charge >= 0.3 is 0 Å². The highest BCUT2D eigenvalue weighted by atomic mass is 19.1. The number of nitrogens with two attached hydrogens (primary N) is 1. The first-order valence-corrected chi connectivity index (χ1v) is 6.47. The van der Waals surface area contributed by atoms with Gasteiger partial charge in [0, 0.05) is 32.4 Å². The molecule has 0 aromatic heterocycles. The Morgan fingerprint density at radius 2 is 2.28 bits per heavy atom. The number of rotatable bonds is 4. The average Bonchev–Trinajstić information content (AvgIpc) is 2.39. The molecule has 1 heterocycles. The molecule has 0 saturated carbocycles. The molecular weight excluding hydrogens is 231 g/mol. The summed E-state index contributed by atoms with van der Waals surface area (Å²) in [6.45, 7) is 2.94. The van der Waals surface area contributed by atoms with Crippen molar-refractivity contribution < 1.29 is 9.13 Å². The molecule has 0 radical (unpaired) electrons. The topological polar surface area (TPSA) is 38.5 Å². The zero-order valence-corrected chi connectivity index (χ0v) is 10.9. The van der Waals surface area contributed by atoms with Crippen molar-refractivity contribution >= 4 is 5.69 Å². The molecule has 1 aliphatic rings. The standard InChI is InChI=1S/C14H21FN2O/c1-17(9-11-3-2-4-18-10-11)14-6-12(8-16)5-13(15)7-14/h5-7,11H,2-4,8-10,16H2,1H3. The third-order valence-corrected chi connectivity index (χ3v) is 3.41. The molecule has 1 aliphatic heterocycles. The van der Waals surface area contributed by atoms with Gasteiger partial charge in [-0.1, -0.05) is 0 Å². The molecule has 2 rings (SSSR count). The van der Waals surface area contributed by atoms with E-state index in [2.05, 4.69) is 4.90 Å². The third kappa shape index (κ3) is 3.43. The maximum Gasteiger partial charge on any atom is 0.125 e. The SMILES string of the molecule is CN(CC1CCCOC1)c1cc(F)cc(CN)c1. The van der Waals surface area contributed by atoms with Crippen LogP contribution in [0.15, 0.2) is 18.2 Å². The summed E-state index contributed by atoms with van der Waals surface area (Å²) < 4.78 is 18.9. The van der Waals surface area contributed by atoms with Crippen LogP contribution in [0, 0.1) is 11.7 Å². The largest absolute Gasteiger partial charge is 0.381 e. The fourth-order valence-electron chi connectivity index (χ4n) is 2.42. The van der Waals surface area contributed by atoms with Gasteiger partial charge in [-0.05, 0) is 42.5 Å². The van der Waals surface area contributed by atoms with Crippen molar-refractivity contribution in [2.75, 3.05) is 31.7 Å². The van der Waals surface area contributed by atoms with Gasteiger partial charge in [-0.25, -0.2) is 4.39 Å². The number of benzene rings is 1. The highest BCUT2D eigenvalue weighted by Gasteiger charge is 2.16. The van der Waals surface area contributed by atoms with Crippen LogP contribution in [-0.2, 0) is 11.3 Å². The van der Waals surface area contributed by atoms with Gasteiger partial charge in [0.1, 0.15) is 5.82 Å². The molecule has 2 N–H and O–H groups in total. The zero-order valence-electron chi connectivity index (χ0n) is 10.9. The molecule has 0 bridgehead atoms. The van der Waals surface area contributed by atoms with Gasteiger partial charge in [0.15, 0.2) is 0 Å². The molecule has 1 fully saturated rings. The van der Waals surface area contributed by atoms with Gasteiger partial charge in [-0.3, -0.25) is 0 Å². The predicted octanol–water partition coefficient (Wildman–Crippen LogP) is 2.15. The minimum absolute atomic E-state index is 0.223. The Morgan fingerprint density at radius 3 is 2.94 bits per heavy atom. The Bertz CT molecular complexity index is 391. The highest BCUT2D eigenvalue weighted by Crippen LogP contribution is 2.21. The summed E-state index contributed by atoms with van der Waals surface area (Å²) >= 11 is 0. The highest BCUT2D eigenvalue weighted by molar-refractivity contribution is 5.48. The van der Waals surface area contributed by atoms with Crippen LogP contribution in [0.1, 0.15) is 18.4 Å². The first kappa shape index (κ1) is 13.3. The lowest BCUT2D eigenvalue weighted by molar-refractivity contribution is 0.0576. The predicted molar refractivity (Wildman–Crippen MR) is 71.1 cm³/mol. The molecule has 0 spiro atoms. The zero-order chi connectivity index (χ0) is 13.0. The van der Waals surface area contributed by atoms with E-state index in [-0.39, 0.29) is 5.82 Å². The van der Waals surface area contributed by atoms with Crippen molar-refractivity contribution in [1.29, 1.82) is 0 Å². The Kier molecular flexibility index (Phi) is 4.55. The summed E-state index contributed by atoms with van der Waals surface area (Å²) in [6, 6.07) is 5.00. The van der Waals surface area contributed by atoms with Crippen molar-refractivity contribution in [3.8, 4) is 0 Å². The second kappa shape index (κ2) is 6.16.